The molecule has 0 fully saturated rings. The van der Waals surface area contributed by atoms with E-state index in [0.717, 1.165) is 19.6 Å². The smallest absolute Gasteiger partial charge is 0.554 e. The second-order valence-corrected chi connectivity index (χ2v) is 5.68. The Morgan fingerprint density at radius 3 is 1.56 bits per heavy atom. The van der Waals surface area contributed by atoms with Crippen molar-refractivity contribution in [2.45, 2.75) is 6.82 Å². The van der Waals surface area contributed by atoms with Crippen LogP contribution in [0.15, 0.2) is 0 Å². The van der Waals surface area contributed by atoms with Crippen molar-refractivity contribution in [1.29, 1.82) is 0 Å². The second-order valence-electron chi connectivity index (χ2n) is 5.68. The SMILES string of the molecule is COB(NCCN(CCNB(OC)OC)CCN[B-](C)(O)OC)OC. The number of nitrogens with zero attached hydrogens (tertiary/aromatic N) is 1. The number of hydrogen-bond acceptors (Lipinski definition) is 10. The molecule has 1 unspecified atom stereocenters. The van der Waals surface area contributed by atoms with Crippen molar-refractivity contribution in [2.24, 2.45) is 0 Å². The van der Waals surface area contributed by atoms with Crippen LogP contribution in [-0.2, 0) is 23.3 Å². The highest BCUT2D eigenvalue weighted by Crippen LogP contribution is 1.93. The van der Waals surface area contributed by atoms with Crippen molar-refractivity contribution in [3.05, 3.63) is 0 Å². The Labute approximate surface area is 152 Å². The van der Waals surface area contributed by atoms with Crippen LogP contribution in [0.25, 0.3) is 0 Å². The summed E-state index contributed by atoms with van der Waals surface area (Å²) in [7, 11) is 6.94. The number of rotatable bonds is 17. The fourth-order valence-electron chi connectivity index (χ4n) is 2.12. The third kappa shape index (κ3) is 12.7. The molecule has 0 aliphatic carbocycles. The van der Waals surface area contributed by atoms with Crippen molar-refractivity contribution in [2.75, 3.05) is 74.8 Å². The van der Waals surface area contributed by atoms with Gasteiger partial charge >= 0.3 is 21.2 Å². The van der Waals surface area contributed by atoms with Crippen LogP contribution in [0.4, 0.5) is 0 Å². The van der Waals surface area contributed by atoms with Gasteiger partial charge in [0.15, 0.2) is 0 Å². The zero-order chi connectivity index (χ0) is 19.1. The zero-order valence-corrected chi connectivity index (χ0v) is 16.4. The average molecular weight is 363 g/mol. The summed E-state index contributed by atoms with van der Waals surface area (Å²) in [6.45, 7) is 3.91. The lowest BCUT2D eigenvalue weighted by Gasteiger charge is -2.32. The van der Waals surface area contributed by atoms with Gasteiger partial charge in [0, 0.05) is 61.2 Å². The first-order valence-electron chi connectivity index (χ1n) is 8.43. The lowest BCUT2D eigenvalue weighted by molar-refractivity contribution is 0.238. The molecular weight excluding hydrogens is 329 g/mol. The topological polar surface area (TPSA) is 106 Å². The van der Waals surface area contributed by atoms with E-state index >= 15 is 0 Å². The van der Waals surface area contributed by atoms with E-state index in [1.54, 1.807) is 35.3 Å². The highest BCUT2D eigenvalue weighted by Gasteiger charge is 2.18. The lowest BCUT2D eigenvalue weighted by atomic mass is 9.76. The Morgan fingerprint density at radius 2 is 1.20 bits per heavy atom. The predicted molar refractivity (Wildman–Crippen MR) is 101 cm³/mol. The minimum absolute atomic E-state index is 0.429. The van der Waals surface area contributed by atoms with Crippen LogP contribution in [0.3, 0.4) is 0 Å². The molecule has 0 saturated heterocycles. The highest BCUT2D eigenvalue weighted by atomic mass is 16.6. The average Bonchev–Trinajstić information content (AvgIpc) is 2.61. The van der Waals surface area contributed by atoms with Gasteiger partial charge in [0.25, 0.3) is 0 Å². The summed E-state index contributed by atoms with van der Waals surface area (Å²) in [4.78, 5) is 2.22. The van der Waals surface area contributed by atoms with Gasteiger partial charge in [-0.1, -0.05) is 0 Å². The van der Waals surface area contributed by atoms with E-state index < -0.39 is 21.2 Å². The van der Waals surface area contributed by atoms with E-state index in [2.05, 4.69) is 20.6 Å². The second kappa shape index (κ2) is 14.9. The van der Waals surface area contributed by atoms with Crippen LogP contribution in [0.5, 0.6) is 0 Å². The Hall–Kier alpha value is -0.205. The molecule has 10 nitrogen and oxygen atoms in total. The molecule has 0 bridgehead atoms. The molecule has 0 aromatic carbocycles. The maximum absolute atomic E-state index is 9.88. The standard InChI is InChI=1S/C12H34B3N4O6/c1-15(20,25-6)18-9-12-19(10-7-16-13(21-2)22-3)11-8-17-14(23-4)24-5/h16-18,20H,7-12H2,1-6H3/q-1. The summed E-state index contributed by atoms with van der Waals surface area (Å²) in [5.41, 5.74) is 0. The van der Waals surface area contributed by atoms with Crippen molar-refractivity contribution >= 4 is 21.2 Å². The van der Waals surface area contributed by atoms with Gasteiger partial charge in [0.2, 0.25) is 0 Å². The Morgan fingerprint density at radius 1 is 0.800 bits per heavy atom. The Balaban J connectivity index is 4.29. The highest BCUT2D eigenvalue weighted by molar-refractivity contribution is 6.61. The van der Waals surface area contributed by atoms with E-state index in [4.69, 9.17) is 23.3 Å². The fraction of sp³-hybridized carbons (Fsp3) is 1.00. The van der Waals surface area contributed by atoms with Gasteiger partial charge in [-0.05, 0) is 13.7 Å². The molecular formula is C12H34B3N4O6-. The summed E-state index contributed by atoms with van der Waals surface area (Å²) < 4.78 is 25.4. The van der Waals surface area contributed by atoms with E-state index in [1.807, 2.05) is 0 Å². The Bertz CT molecular complexity index is 297. The summed E-state index contributed by atoms with van der Waals surface area (Å²) in [6.07, 6.45) is 0. The minimum Gasteiger partial charge on any atom is -0.570 e. The molecule has 0 spiro atoms. The van der Waals surface area contributed by atoms with Gasteiger partial charge in [-0.3, -0.25) is 4.90 Å². The molecule has 148 valence electrons. The molecule has 0 radical (unpaired) electrons. The molecule has 0 aliphatic rings. The van der Waals surface area contributed by atoms with Crippen molar-refractivity contribution in [3.8, 4) is 0 Å². The van der Waals surface area contributed by atoms with Crippen LogP contribution >= 0.6 is 0 Å². The first kappa shape index (κ1) is 24.8. The number of hydrogen-bond donors (Lipinski definition) is 4. The minimum atomic E-state index is -1.97. The molecule has 0 rings (SSSR count). The maximum Gasteiger partial charge on any atom is 0.554 e. The van der Waals surface area contributed by atoms with Gasteiger partial charge in [0.05, 0.1) is 0 Å². The molecule has 0 aromatic heterocycles. The quantitative estimate of drug-likeness (QED) is 0.213. The van der Waals surface area contributed by atoms with Gasteiger partial charge in [-0.2, -0.15) is 0 Å². The van der Waals surface area contributed by atoms with Crippen LogP contribution in [0.2, 0.25) is 6.82 Å². The summed E-state index contributed by atoms with van der Waals surface area (Å²) in [6, 6.07) is 0. The third-order valence-electron chi connectivity index (χ3n) is 3.74. The monoisotopic (exact) mass is 363 g/mol. The van der Waals surface area contributed by atoms with E-state index in [-0.39, 0.29) is 0 Å². The maximum atomic E-state index is 9.88. The Kier molecular flexibility index (Phi) is 14.8. The first-order valence-corrected chi connectivity index (χ1v) is 8.43. The number of nitrogens with one attached hydrogen (secondary N) is 3. The van der Waals surface area contributed by atoms with E-state index in [1.165, 1.54) is 7.11 Å². The summed E-state index contributed by atoms with van der Waals surface area (Å²) >= 11 is 0. The predicted octanol–water partition coefficient (Wildman–Crippen LogP) is -2.18. The summed E-state index contributed by atoms with van der Waals surface area (Å²) in [5.74, 6) is 0. The van der Waals surface area contributed by atoms with Crippen LogP contribution in [-0.4, -0.2) is 106 Å². The first-order chi connectivity index (χ1) is 11.9. The lowest BCUT2D eigenvalue weighted by Crippen LogP contribution is -2.53. The third-order valence-corrected chi connectivity index (χ3v) is 3.74. The molecule has 0 heterocycles. The van der Waals surface area contributed by atoms with Gasteiger partial charge < -0.3 is 44.0 Å². The molecule has 4 N–H and O–H groups in total. The van der Waals surface area contributed by atoms with E-state index in [9.17, 15) is 5.02 Å². The molecule has 0 aromatic rings. The van der Waals surface area contributed by atoms with Gasteiger partial charge in [-0.25, -0.2) is 0 Å². The van der Waals surface area contributed by atoms with E-state index in [0.29, 0.717) is 19.6 Å². The summed E-state index contributed by atoms with van der Waals surface area (Å²) in [5, 5.41) is 19.2. The molecule has 25 heavy (non-hydrogen) atoms. The molecule has 0 saturated carbocycles. The van der Waals surface area contributed by atoms with Crippen LogP contribution in [0.1, 0.15) is 0 Å². The van der Waals surface area contributed by atoms with Gasteiger partial charge in [0.1, 0.15) is 0 Å². The molecule has 13 heteroatoms. The van der Waals surface area contributed by atoms with Crippen molar-refractivity contribution in [3.63, 3.8) is 0 Å². The van der Waals surface area contributed by atoms with Crippen LogP contribution in [0, 0.1) is 0 Å². The molecule has 1 atom stereocenters. The molecule has 0 amide bonds. The van der Waals surface area contributed by atoms with Crippen molar-refractivity contribution in [1.82, 2.24) is 20.6 Å². The normalized spacial score (nSPS) is 13.9. The van der Waals surface area contributed by atoms with Crippen molar-refractivity contribution < 1.29 is 28.3 Å². The van der Waals surface area contributed by atoms with Gasteiger partial charge in [-0.15, -0.1) is 6.82 Å². The fourth-order valence-corrected chi connectivity index (χ4v) is 2.12. The molecule has 0 aliphatic heterocycles. The van der Waals surface area contributed by atoms with Crippen LogP contribution < -0.4 is 15.7 Å². The zero-order valence-electron chi connectivity index (χ0n) is 16.4. The largest absolute Gasteiger partial charge is 0.570 e.